The maximum atomic E-state index is 5.79. The molecule has 3 N–H and O–H groups in total. The Morgan fingerprint density at radius 1 is 1.30 bits per heavy atom. The van der Waals surface area contributed by atoms with E-state index in [9.17, 15) is 0 Å². The van der Waals surface area contributed by atoms with Gasteiger partial charge in [0.05, 0.1) is 11.0 Å². The van der Waals surface area contributed by atoms with Gasteiger partial charge in [-0.15, -0.1) is 0 Å². The molecule has 4 heteroatoms. The molecule has 0 atom stereocenters. The quantitative estimate of drug-likeness (QED) is 0.845. The van der Waals surface area contributed by atoms with Crippen molar-refractivity contribution in [3.05, 3.63) is 24.0 Å². The number of piperidine rings is 1. The first-order valence-electron chi connectivity index (χ1n) is 7.48. The predicted octanol–water partition coefficient (Wildman–Crippen LogP) is 2.81. The summed E-state index contributed by atoms with van der Waals surface area (Å²) in [5, 5.41) is 0. The van der Waals surface area contributed by atoms with E-state index in [0.29, 0.717) is 5.41 Å². The van der Waals surface area contributed by atoms with Gasteiger partial charge in [-0.05, 0) is 49.5 Å². The van der Waals surface area contributed by atoms with Crippen molar-refractivity contribution in [3.63, 3.8) is 0 Å². The number of hydrogen-bond acceptors (Lipinski definition) is 3. The standard InChI is InChI=1S/C16H24N4/c1-16(2)6-9-20(10-7-16)8-5-15-18-13-4-3-12(17)11-14(13)19-15/h3-4,11H,5-10,17H2,1-2H3,(H,18,19). The van der Waals surface area contributed by atoms with E-state index in [1.54, 1.807) is 0 Å². The molecular weight excluding hydrogens is 248 g/mol. The molecule has 2 heterocycles. The summed E-state index contributed by atoms with van der Waals surface area (Å²) >= 11 is 0. The Morgan fingerprint density at radius 2 is 2.05 bits per heavy atom. The normalized spacial score (nSPS) is 19.5. The third kappa shape index (κ3) is 2.96. The van der Waals surface area contributed by atoms with Crippen molar-refractivity contribution in [2.45, 2.75) is 33.1 Å². The van der Waals surface area contributed by atoms with Crippen LogP contribution in [0.15, 0.2) is 18.2 Å². The van der Waals surface area contributed by atoms with Gasteiger partial charge in [-0.2, -0.15) is 0 Å². The fourth-order valence-corrected chi connectivity index (χ4v) is 2.84. The van der Waals surface area contributed by atoms with Gasteiger partial charge in [0.25, 0.3) is 0 Å². The Morgan fingerprint density at radius 3 is 2.80 bits per heavy atom. The van der Waals surface area contributed by atoms with Crippen LogP contribution in [0.1, 0.15) is 32.5 Å². The summed E-state index contributed by atoms with van der Waals surface area (Å²) < 4.78 is 0. The highest BCUT2D eigenvalue weighted by molar-refractivity contribution is 5.78. The highest BCUT2D eigenvalue weighted by Crippen LogP contribution is 2.29. The number of nitrogen functional groups attached to an aromatic ring is 1. The van der Waals surface area contributed by atoms with Gasteiger partial charge in [-0.25, -0.2) is 4.98 Å². The summed E-state index contributed by atoms with van der Waals surface area (Å²) in [6.07, 6.45) is 3.57. The van der Waals surface area contributed by atoms with E-state index in [4.69, 9.17) is 5.73 Å². The van der Waals surface area contributed by atoms with E-state index in [1.165, 1.54) is 25.9 Å². The van der Waals surface area contributed by atoms with Crippen molar-refractivity contribution in [1.29, 1.82) is 0 Å². The smallest absolute Gasteiger partial charge is 0.108 e. The number of aromatic nitrogens is 2. The molecule has 0 amide bonds. The van der Waals surface area contributed by atoms with Gasteiger partial charge in [0, 0.05) is 18.7 Å². The number of fused-ring (bicyclic) bond motifs is 1. The third-order valence-electron chi connectivity index (χ3n) is 4.43. The minimum Gasteiger partial charge on any atom is -0.399 e. The zero-order chi connectivity index (χ0) is 14.2. The van der Waals surface area contributed by atoms with Crippen molar-refractivity contribution < 1.29 is 0 Å². The lowest BCUT2D eigenvalue weighted by atomic mass is 9.83. The summed E-state index contributed by atoms with van der Waals surface area (Å²) in [7, 11) is 0. The molecule has 108 valence electrons. The monoisotopic (exact) mass is 272 g/mol. The second-order valence-electron chi connectivity index (χ2n) is 6.72. The molecule has 0 aliphatic carbocycles. The first kappa shape index (κ1) is 13.4. The van der Waals surface area contributed by atoms with Crippen molar-refractivity contribution >= 4 is 16.7 Å². The number of rotatable bonds is 3. The second kappa shape index (κ2) is 5.09. The Kier molecular flexibility index (Phi) is 3.42. The van der Waals surface area contributed by atoms with Gasteiger partial charge in [0.2, 0.25) is 0 Å². The van der Waals surface area contributed by atoms with E-state index in [-0.39, 0.29) is 0 Å². The van der Waals surface area contributed by atoms with Crippen LogP contribution in [0.3, 0.4) is 0 Å². The number of nitrogens with two attached hydrogens (primary N) is 1. The van der Waals surface area contributed by atoms with Crippen molar-refractivity contribution in [3.8, 4) is 0 Å². The third-order valence-corrected chi connectivity index (χ3v) is 4.43. The van der Waals surface area contributed by atoms with Gasteiger partial charge in [-0.3, -0.25) is 0 Å². The van der Waals surface area contributed by atoms with E-state index in [1.807, 2.05) is 18.2 Å². The molecule has 0 radical (unpaired) electrons. The molecule has 1 saturated heterocycles. The molecule has 4 nitrogen and oxygen atoms in total. The summed E-state index contributed by atoms with van der Waals surface area (Å²) in [6.45, 7) is 8.24. The van der Waals surface area contributed by atoms with Gasteiger partial charge in [-0.1, -0.05) is 13.8 Å². The molecule has 2 aromatic rings. The van der Waals surface area contributed by atoms with Crippen molar-refractivity contribution in [2.75, 3.05) is 25.4 Å². The summed E-state index contributed by atoms with van der Waals surface area (Å²) in [4.78, 5) is 10.6. The number of nitrogens with one attached hydrogen (secondary N) is 1. The lowest BCUT2D eigenvalue weighted by molar-refractivity contribution is 0.133. The maximum absolute atomic E-state index is 5.79. The first-order chi connectivity index (χ1) is 9.52. The van der Waals surface area contributed by atoms with Crippen LogP contribution in [0, 0.1) is 5.41 Å². The largest absolute Gasteiger partial charge is 0.399 e. The second-order valence-corrected chi connectivity index (χ2v) is 6.72. The zero-order valence-corrected chi connectivity index (χ0v) is 12.4. The highest BCUT2D eigenvalue weighted by atomic mass is 15.1. The lowest BCUT2D eigenvalue weighted by Crippen LogP contribution is -2.38. The maximum Gasteiger partial charge on any atom is 0.108 e. The Bertz CT molecular complexity index is 590. The van der Waals surface area contributed by atoms with Crippen LogP contribution in [0.5, 0.6) is 0 Å². The molecule has 1 aliphatic rings. The number of anilines is 1. The molecule has 1 fully saturated rings. The van der Waals surface area contributed by atoms with Crippen LogP contribution >= 0.6 is 0 Å². The van der Waals surface area contributed by atoms with E-state index >= 15 is 0 Å². The average Bonchev–Trinajstić information content (AvgIpc) is 2.79. The predicted molar refractivity (Wildman–Crippen MR) is 83.7 cm³/mol. The molecule has 0 saturated carbocycles. The molecule has 1 aromatic heterocycles. The number of nitrogens with zero attached hydrogens (tertiary/aromatic N) is 2. The van der Waals surface area contributed by atoms with Gasteiger partial charge in [0.15, 0.2) is 0 Å². The van der Waals surface area contributed by atoms with Crippen molar-refractivity contribution in [1.82, 2.24) is 14.9 Å². The molecule has 3 rings (SSSR count). The molecule has 0 bridgehead atoms. The van der Waals surface area contributed by atoms with Gasteiger partial charge in [0.1, 0.15) is 5.82 Å². The lowest BCUT2D eigenvalue weighted by Gasteiger charge is -2.36. The van der Waals surface area contributed by atoms with Crippen LogP contribution < -0.4 is 5.73 Å². The van der Waals surface area contributed by atoms with E-state index in [0.717, 1.165) is 35.5 Å². The molecular formula is C16H24N4. The zero-order valence-electron chi connectivity index (χ0n) is 12.4. The van der Waals surface area contributed by atoms with Crippen LogP contribution in [0.2, 0.25) is 0 Å². The number of likely N-dealkylation sites (tertiary alicyclic amines) is 1. The molecule has 1 aliphatic heterocycles. The molecule has 0 spiro atoms. The number of imidazole rings is 1. The van der Waals surface area contributed by atoms with E-state index < -0.39 is 0 Å². The molecule has 1 aromatic carbocycles. The number of benzene rings is 1. The Hall–Kier alpha value is -1.55. The first-order valence-corrected chi connectivity index (χ1v) is 7.48. The summed E-state index contributed by atoms with van der Waals surface area (Å²) in [5.41, 5.74) is 9.15. The van der Waals surface area contributed by atoms with E-state index in [2.05, 4.69) is 28.7 Å². The number of aromatic amines is 1. The summed E-state index contributed by atoms with van der Waals surface area (Å²) in [5.74, 6) is 1.07. The fourth-order valence-electron chi connectivity index (χ4n) is 2.84. The minimum absolute atomic E-state index is 0.521. The van der Waals surface area contributed by atoms with Gasteiger partial charge < -0.3 is 15.6 Å². The number of H-pyrrole nitrogens is 1. The number of hydrogen-bond donors (Lipinski definition) is 2. The van der Waals surface area contributed by atoms with Crippen LogP contribution in [-0.4, -0.2) is 34.5 Å². The van der Waals surface area contributed by atoms with Crippen LogP contribution in [0.4, 0.5) is 5.69 Å². The van der Waals surface area contributed by atoms with Crippen LogP contribution in [-0.2, 0) is 6.42 Å². The topological polar surface area (TPSA) is 57.9 Å². The summed E-state index contributed by atoms with van der Waals surface area (Å²) in [6, 6.07) is 5.84. The fraction of sp³-hybridized carbons (Fsp3) is 0.562. The average molecular weight is 272 g/mol. The molecule has 0 unspecified atom stereocenters. The van der Waals surface area contributed by atoms with Crippen molar-refractivity contribution in [2.24, 2.45) is 5.41 Å². The minimum atomic E-state index is 0.521. The Balaban J connectivity index is 1.60. The SMILES string of the molecule is CC1(C)CCN(CCc2nc3ccc(N)cc3[nH]2)CC1. The van der Waals surface area contributed by atoms with Crippen LogP contribution in [0.25, 0.3) is 11.0 Å². The molecule has 20 heavy (non-hydrogen) atoms. The Labute approximate surface area is 120 Å². The van der Waals surface area contributed by atoms with Gasteiger partial charge >= 0.3 is 0 Å². The highest BCUT2D eigenvalue weighted by Gasteiger charge is 2.24.